The van der Waals surface area contributed by atoms with Gasteiger partial charge < -0.3 is 9.64 Å². The van der Waals surface area contributed by atoms with Crippen LogP contribution in [0.25, 0.3) is 0 Å². The minimum Gasteiger partial charge on any atom is -0.381 e. The van der Waals surface area contributed by atoms with Crippen LogP contribution >= 0.6 is 0 Å². The normalized spacial score (nSPS) is 16.2. The van der Waals surface area contributed by atoms with Crippen LogP contribution in [0.2, 0.25) is 0 Å². The number of aromatic nitrogens is 2. The highest BCUT2D eigenvalue weighted by molar-refractivity contribution is 5.36. The summed E-state index contributed by atoms with van der Waals surface area (Å²) >= 11 is 0. The molecule has 0 bridgehead atoms. The summed E-state index contributed by atoms with van der Waals surface area (Å²) in [7, 11) is 1.93. The summed E-state index contributed by atoms with van der Waals surface area (Å²) in [6, 6.07) is 6.15. The van der Waals surface area contributed by atoms with Crippen molar-refractivity contribution in [3.8, 4) is 6.07 Å². The molecule has 0 amide bonds. The highest BCUT2D eigenvalue weighted by Gasteiger charge is 2.17. The topological polar surface area (TPSA) is 62.0 Å². The molecule has 1 aromatic rings. The van der Waals surface area contributed by atoms with Gasteiger partial charge >= 0.3 is 0 Å². The lowest BCUT2D eigenvalue weighted by Gasteiger charge is -2.22. The molecule has 1 saturated heterocycles. The zero-order chi connectivity index (χ0) is 12.8. The van der Waals surface area contributed by atoms with Crippen LogP contribution in [-0.2, 0) is 4.74 Å². The average molecular weight is 246 g/mol. The SMILES string of the molecule is CN(CCC#N)c1ccc(C2CCOCC2)nn1. The summed E-state index contributed by atoms with van der Waals surface area (Å²) in [5.74, 6) is 1.30. The lowest BCUT2D eigenvalue weighted by atomic mass is 9.96. The predicted octanol–water partition coefficient (Wildman–Crippen LogP) is 1.72. The van der Waals surface area contributed by atoms with E-state index in [9.17, 15) is 0 Å². The van der Waals surface area contributed by atoms with E-state index in [2.05, 4.69) is 16.3 Å². The van der Waals surface area contributed by atoms with Crippen LogP contribution in [0.1, 0.15) is 30.9 Å². The molecule has 0 unspecified atom stereocenters. The second kappa shape index (κ2) is 6.31. The summed E-state index contributed by atoms with van der Waals surface area (Å²) in [6.45, 7) is 2.31. The van der Waals surface area contributed by atoms with E-state index < -0.39 is 0 Å². The first-order valence-electron chi connectivity index (χ1n) is 6.30. The van der Waals surface area contributed by atoms with Crippen molar-refractivity contribution in [3.05, 3.63) is 17.8 Å². The maximum absolute atomic E-state index is 8.55. The van der Waals surface area contributed by atoms with Crippen molar-refractivity contribution in [1.29, 1.82) is 5.26 Å². The molecule has 1 aromatic heterocycles. The van der Waals surface area contributed by atoms with Gasteiger partial charge in [0, 0.05) is 32.7 Å². The van der Waals surface area contributed by atoms with Crippen LogP contribution in [0, 0.1) is 11.3 Å². The number of nitrogens with zero attached hydrogens (tertiary/aromatic N) is 4. The summed E-state index contributed by atoms with van der Waals surface area (Å²) in [5.41, 5.74) is 1.05. The largest absolute Gasteiger partial charge is 0.381 e. The molecule has 0 atom stereocenters. The van der Waals surface area contributed by atoms with Crippen molar-refractivity contribution in [2.45, 2.75) is 25.2 Å². The van der Waals surface area contributed by atoms with Gasteiger partial charge in [-0.3, -0.25) is 0 Å². The molecule has 1 aliphatic rings. The molecule has 5 heteroatoms. The Morgan fingerprint density at radius 2 is 2.17 bits per heavy atom. The molecule has 2 rings (SSSR count). The monoisotopic (exact) mass is 246 g/mol. The van der Waals surface area contributed by atoms with Gasteiger partial charge in [0.25, 0.3) is 0 Å². The lowest BCUT2D eigenvalue weighted by Crippen LogP contribution is -2.20. The Kier molecular flexibility index (Phi) is 4.48. The van der Waals surface area contributed by atoms with Crippen molar-refractivity contribution in [2.75, 3.05) is 31.7 Å². The Labute approximate surface area is 107 Å². The fourth-order valence-electron chi connectivity index (χ4n) is 2.08. The maximum Gasteiger partial charge on any atom is 0.151 e. The van der Waals surface area contributed by atoms with E-state index in [-0.39, 0.29) is 0 Å². The number of anilines is 1. The number of rotatable bonds is 4. The second-order valence-electron chi connectivity index (χ2n) is 4.53. The molecule has 0 saturated carbocycles. The van der Waals surface area contributed by atoms with Gasteiger partial charge in [-0.15, -0.1) is 5.10 Å². The van der Waals surface area contributed by atoms with E-state index in [0.717, 1.165) is 37.6 Å². The van der Waals surface area contributed by atoms with Crippen LogP contribution in [-0.4, -0.2) is 37.0 Å². The highest BCUT2D eigenvalue weighted by Crippen LogP contribution is 2.25. The van der Waals surface area contributed by atoms with Crippen LogP contribution < -0.4 is 4.90 Å². The van der Waals surface area contributed by atoms with Crippen molar-refractivity contribution in [1.82, 2.24) is 10.2 Å². The molecule has 0 spiro atoms. The Balaban J connectivity index is 1.98. The zero-order valence-electron chi connectivity index (χ0n) is 10.7. The summed E-state index contributed by atoms with van der Waals surface area (Å²) in [4.78, 5) is 1.95. The van der Waals surface area contributed by atoms with E-state index in [1.807, 2.05) is 24.1 Å². The van der Waals surface area contributed by atoms with Crippen LogP contribution in [0.15, 0.2) is 12.1 Å². The van der Waals surface area contributed by atoms with Crippen molar-refractivity contribution < 1.29 is 4.74 Å². The minimum atomic E-state index is 0.477. The zero-order valence-corrected chi connectivity index (χ0v) is 10.7. The third-order valence-electron chi connectivity index (χ3n) is 3.26. The quantitative estimate of drug-likeness (QED) is 0.809. The lowest BCUT2D eigenvalue weighted by molar-refractivity contribution is 0.0843. The first-order valence-corrected chi connectivity index (χ1v) is 6.30. The van der Waals surface area contributed by atoms with E-state index in [0.29, 0.717) is 18.9 Å². The molecule has 96 valence electrons. The summed E-state index contributed by atoms with van der Waals surface area (Å²) in [6.07, 6.45) is 2.55. The van der Waals surface area contributed by atoms with Crippen molar-refractivity contribution in [2.24, 2.45) is 0 Å². The number of hydrogen-bond donors (Lipinski definition) is 0. The third-order valence-corrected chi connectivity index (χ3v) is 3.26. The van der Waals surface area contributed by atoms with Gasteiger partial charge in [0.2, 0.25) is 0 Å². The molecule has 0 radical (unpaired) electrons. The minimum absolute atomic E-state index is 0.477. The summed E-state index contributed by atoms with van der Waals surface area (Å²) in [5, 5.41) is 17.1. The van der Waals surface area contributed by atoms with Gasteiger partial charge in [-0.05, 0) is 25.0 Å². The van der Waals surface area contributed by atoms with Gasteiger partial charge in [0.1, 0.15) is 0 Å². The smallest absolute Gasteiger partial charge is 0.151 e. The molecule has 1 fully saturated rings. The third kappa shape index (κ3) is 3.17. The standard InChI is InChI=1S/C13H18N4O/c1-17(8-2-7-14)13-4-3-12(15-16-13)11-5-9-18-10-6-11/h3-4,11H,2,5-6,8-10H2,1H3. The molecule has 0 N–H and O–H groups in total. The van der Waals surface area contributed by atoms with Crippen LogP contribution in [0.3, 0.4) is 0 Å². The summed E-state index contributed by atoms with van der Waals surface area (Å²) < 4.78 is 5.34. The van der Waals surface area contributed by atoms with Gasteiger partial charge in [-0.1, -0.05) is 0 Å². The average Bonchev–Trinajstić information content (AvgIpc) is 2.46. The Bertz CT molecular complexity index is 406. The van der Waals surface area contributed by atoms with Gasteiger partial charge in [-0.25, -0.2) is 0 Å². The fraction of sp³-hybridized carbons (Fsp3) is 0.615. The van der Waals surface area contributed by atoms with E-state index in [4.69, 9.17) is 10.00 Å². The van der Waals surface area contributed by atoms with Crippen LogP contribution in [0.5, 0.6) is 0 Å². The Morgan fingerprint density at radius 3 is 2.78 bits per heavy atom. The highest BCUT2D eigenvalue weighted by atomic mass is 16.5. The van der Waals surface area contributed by atoms with E-state index >= 15 is 0 Å². The van der Waals surface area contributed by atoms with Gasteiger partial charge in [0.15, 0.2) is 5.82 Å². The molecule has 2 heterocycles. The molecular weight excluding hydrogens is 228 g/mol. The second-order valence-corrected chi connectivity index (χ2v) is 4.53. The van der Waals surface area contributed by atoms with Crippen molar-refractivity contribution >= 4 is 5.82 Å². The van der Waals surface area contributed by atoms with Crippen molar-refractivity contribution in [3.63, 3.8) is 0 Å². The number of nitriles is 1. The Hall–Kier alpha value is -1.67. The fourth-order valence-corrected chi connectivity index (χ4v) is 2.08. The molecule has 0 aromatic carbocycles. The predicted molar refractivity (Wildman–Crippen MR) is 68.3 cm³/mol. The number of hydrogen-bond acceptors (Lipinski definition) is 5. The molecule has 18 heavy (non-hydrogen) atoms. The maximum atomic E-state index is 8.55. The number of ether oxygens (including phenoxy) is 1. The molecule has 1 aliphatic heterocycles. The van der Waals surface area contributed by atoms with Crippen LogP contribution in [0.4, 0.5) is 5.82 Å². The first kappa shape index (κ1) is 12.8. The first-order chi connectivity index (χ1) is 8.81. The molecule has 0 aliphatic carbocycles. The molecule has 5 nitrogen and oxygen atoms in total. The molecular formula is C13H18N4O. The Morgan fingerprint density at radius 1 is 1.39 bits per heavy atom. The van der Waals surface area contributed by atoms with E-state index in [1.54, 1.807) is 0 Å². The van der Waals surface area contributed by atoms with Gasteiger partial charge in [-0.2, -0.15) is 10.4 Å². The van der Waals surface area contributed by atoms with E-state index in [1.165, 1.54) is 0 Å². The van der Waals surface area contributed by atoms with Gasteiger partial charge in [0.05, 0.1) is 18.2 Å².